The zero-order valence-electron chi connectivity index (χ0n) is 19.6. The minimum Gasteiger partial charge on any atom is -0.393 e. The molecule has 4 rings (SSSR count). The Morgan fingerprint density at radius 1 is 0.821 bits per heavy atom. The molecule has 1 nitrogen and oxygen atoms in total. The summed E-state index contributed by atoms with van der Waals surface area (Å²) >= 11 is 0. The van der Waals surface area contributed by atoms with Gasteiger partial charge in [-0.05, 0) is 110 Å². The fraction of sp³-hybridized carbons (Fsp3) is 1.00. The van der Waals surface area contributed by atoms with Crippen LogP contribution in [0.1, 0.15) is 112 Å². The van der Waals surface area contributed by atoms with Gasteiger partial charge in [-0.2, -0.15) is 0 Å². The minimum atomic E-state index is -0.00830. The first-order chi connectivity index (χ1) is 13.3. The Balaban J connectivity index is 1.46. The highest BCUT2D eigenvalue weighted by Crippen LogP contribution is 2.68. The molecule has 0 saturated heterocycles. The van der Waals surface area contributed by atoms with E-state index < -0.39 is 0 Å². The Kier molecular flexibility index (Phi) is 5.98. The van der Waals surface area contributed by atoms with Gasteiger partial charge in [-0.15, -0.1) is 0 Å². The van der Waals surface area contributed by atoms with Crippen molar-refractivity contribution in [2.24, 2.45) is 52.3 Å². The molecule has 0 radical (unpaired) electrons. The maximum Gasteiger partial charge on any atom is 0.0543 e. The van der Waals surface area contributed by atoms with Crippen LogP contribution in [-0.2, 0) is 0 Å². The lowest BCUT2D eigenvalue weighted by molar-refractivity contribution is -0.129. The van der Waals surface area contributed by atoms with E-state index in [-0.39, 0.29) is 6.10 Å². The van der Waals surface area contributed by atoms with Gasteiger partial charge in [-0.1, -0.05) is 53.9 Å². The third kappa shape index (κ3) is 3.50. The van der Waals surface area contributed by atoms with Crippen LogP contribution in [0, 0.1) is 52.3 Å². The van der Waals surface area contributed by atoms with Crippen molar-refractivity contribution >= 4 is 0 Å². The van der Waals surface area contributed by atoms with E-state index in [1.54, 1.807) is 0 Å². The molecule has 0 spiro atoms. The molecule has 1 heteroatoms. The van der Waals surface area contributed by atoms with Crippen LogP contribution in [-0.4, -0.2) is 11.2 Å². The van der Waals surface area contributed by atoms with Crippen LogP contribution in [0.4, 0.5) is 0 Å². The van der Waals surface area contributed by atoms with Crippen LogP contribution in [0.5, 0.6) is 0 Å². The van der Waals surface area contributed by atoms with Gasteiger partial charge in [-0.3, -0.25) is 0 Å². The Morgan fingerprint density at radius 2 is 1.54 bits per heavy atom. The third-order valence-corrected chi connectivity index (χ3v) is 10.8. The van der Waals surface area contributed by atoms with Gasteiger partial charge in [-0.25, -0.2) is 0 Å². The smallest absolute Gasteiger partial charge is 0.0543 e. The maximum absolute atomic E-state index is 10.3. The summed E-state index contributed by atoms with van der Waals surface area (Å²) in [5.74, 6) is 6.49. The first-order valence-corrected chi connectivity index (χ1v) is 12.9. The van der Waals surface area contributed by atoms with Gasteiger partial charge in [0.05, 0.1) is 6.10 Å². The average molecular weight is 389 g/mol. The normalized spacial score (nSPS) is 49.4. The van der Waals surface area contributed by atoms with Gasteiger partial charge in [0.2, 0.25) is 0 Å². The van der Waals surface area contributed by atoms with E-state index in [4.69, 9.17) is 0 Å². The monoisotopic (exact) mass is 388 g/mol. The fourth-order valence-electron chi connectivity index (χ4n) is 9.26. The molecule has 0 aromatic heterocycles. The van der Waals surface area contributed by atoms with Crippen LogP contribution in [0.2, 0.25) is 0 Å². The van der Waals surface area contributed by atoms with Gasteiger partial charge < -0.3 is 5.11 Å². The molecule has 0 heterocycles. The van der Waals surface area contributed by atoms with Crippen LogP contribution in [0.15, 0.2) is 0 Å². The lowest BCUT2D eigenvalue weighted by Gasteiger charge is -2.61. The lowest BCUT2D eigenvalue weighted by atomic mass is 9.44. The van der Waals surface area contributed by atoms with E-state index in [0.717, 1.165) is 54.3 Å². The van der Waals surface area contributed by atoms with Crippen LogP contribution in [0.3, 0.4) is 0 Å². The standard InChI is InChI=1S/C27H48O/c1-18(2)7-6-8-19(3)23-11-12-24-22-10-9-20-17-21(28)13-15-26(20,4)25(22)14-16-27(23,24)5/h18-25,28H,6-17H2,1-5H3/t19-,20+,21-,22+,23+,24-,25+,26+,27+/m1/s1. The molecule has 0 aromatic carbocycles. The van der Waals surface area contributed by atoms with Crippen molar-refractivity contribution in [3.05, 3.63) is 0 Å². The number of aliphatic hydroxyl groups excluding tert-OH is 1. The topological polar surface area (TPSA) is 20.2 Å². The Bertz CT molecular complexity index is 540. The zero-order chi connectivity index (χ0) is 20.1. The third-order valence-electron chi connectivity index (χ3n) is 10.8. The highest BCUT2D eigenvalue weighted by Gasteiger charge is 2.60. The van der Waals surface area contributed by atoms with E-state index in [0.29, 0.717) is 10.8 Å². The Morgan fingerprint density at radius 3 is 2.29 bits per heavy atom. The molecule has 4 saturated carbocycles. The molecule has 4 aliphatic carbocycles. The number of fused-ring (bicyclic) bond motifs is 5. The molecule has 9 atom stereocenters. The minimum absolute atomic E-state index is 0.00830. The first kappa shape index (κ1) is 21.2. The summed E-state index contributed by atoms with van der Waals surface area (Å²) in [5.41, 5.74) is 1.15. The zero-order valence-corrected chi connectivity index (χ0v) is 19.6. The number of rotatable bonds is 5. The second-order valence-electron chi connectivity index (χ2n) is 12.6. The molecule has 162 valence electrons. The molecular formula is C27H48O. The van der Waals surface area contributed by atoms with Gasteiger partial charge >= 0.3 is 0 Å². The van der Waals surface area contributed by atoms with Crippen molar-refractivity contribution in [2.45, 2.75) is 118 Å². The quantitative estimate of drug-likeness (QED) is 0.518. The lowest BCUT2D eigenvalue weighted by Crippen LogP contribution is -2.54. The predicted molar refractivity (Wildman–Crippen MR) is 119 cm³/mol. The summed E-state index contributed by atoms with van der Waals surface area (Å²) in [6.45, 7) is 12.7. The molecule has 0 amide bonds. The summed E-state index contributed by atoms with van der Waals surface area (Å²) in [6.07, 6.45) is 16.6. The van der Waals surface area contributed by atoms with Crippen molar-refractivity contribution in [3.8, 4) is 0 Å². The fourth-order valence-corrected chi connectivity index (χ4v) is 9.26. The number of hydrogen-bond donors (Lipinski definition) is 1. The van der Waals surface area contributed by atoms with E-state index in [2.05, 4.69) is 34.6 Å². The number of hydrogen-bond acceptors (Lipinski definition) is 1. The highest BCUT2D eigenvalue weighted by molar-refractivity contribution is 5.09. The summed E-state index contributed by atoms with van der Waals surface area (Å²) in [6, 6.07) is 0. The summed E-state index contributed by atoms with van der Waals surface area (Å²) in [7, 11) is 0. The van der Waals surface area contributed by atoms with Crippen LogP contribution in [0.25, 0.3) is 0 Å². The summed E-state index contributed by atoms with van der Waals surface area (Å²) < 4.78 is 0. The Labute approximate surface area is 175 Å². The van der Waals surface area contributed by atoms with Crippen molar-refractivity contribution in [1.29, 1.82) is 0 Å². The van der Waals surface area contributed by atoms with Crippen LogP contribution < -0.4 is 0 Å². The molecule has 4 fully saturated rings. The number of aliphatic hydroxyl groups is 1. The van der Waals surface area contributed by atoms with Gasteiger partial charge in [0.25, 0.3) is 0 Å². The average Bonchev–Trinajstić information content (AvgIpc) is 2.99. The Hall–Kier alpha value is -0.0400. The van der Waals surface area contributed by atoms with Crippen molar-refractivity contribution in [1.82, 2.24) is 0 Å². The molecule has 1 N–H and O–H groups in total. The van der Waals surface area contributed by atoms with E-state index in [1.165, 1.54) is 64.2 Å². The molecular weight excluding hydrogens is 340 g/mol. The van der Waals surface area contributed by atoms with Gasteiger partial charge in [0.1, 0.15) is 0 Å². The second-order valence-corrected chi connectivity index (χ2v) is 12.6. The van der Waals surface area contributed by atoms with Crippen molar-refractivity contribution in [2.75, 3.05) is 0 Å². The second kappa shape index (κ2) is 7.90. The molecule has 0 unspecified atom stereocenters. The SMILES string of the molecule is CC(C)CCC[C@@H](C)[C@@H]1CC[C@@H]2[C@@H]3CC[C@H]4C[C@H](O)CC[C@]4(C)[C@H]3CC[C@]21C. The van der Waals surface area contributed by atoms with Crippen molar-refractivity contribution in [3.63, 3.8) is 0 Å². The molecule has 0 aliphatic heterocycles. The van der Waals surface area contributed by atoms with E-state index in [1.807, 2.05) is 0 Å². The van der Waals surface area contributed by atoms with Gasteiger partial charge in [0.15, 0.2) is 0 Å². The van der Waals surface area contributed by atoms with Crippen LogP contribution >= 0.6 is 0 Å². The molecule has 0 aromatic rings. The maximum atomic E-state index is 10.3. The van der Waals surface area contributed by atoms with E-state index >= 15 is 0 Å². The summed E-state index contributed by atoms with van der Waals surface area (Å²) in [4.78, 5) is 0. The van der Waals surface area contributed by atoms with Crippen molar-refractivity contribution < 1.29 is 5.11 Å². The first-order valence-electron chi connectivity index (χ1n) is 12.9. The largest absolute Gasteiger partial charge is 0.393 e. The summed E-state index contributed by atoms with van der Waals surface area (Å²) in [5, 5.41) is 10.3. The predicted octanol–water partition coefficient (Wildman–Crippen LogP) is 7.47. The highest BCUT2D eigenvalue weighted by atomic mass is 16.3. The molecule has 4 aliphatic rings. The van der Waals surface area contributed by atoms with Gasteiger partial charge in [0, 0.05) is 0 Å². The molecule has 0 bridgehead atoms. The molecule has 28 heavy (non-hydrogen) atoms. The van der Waals surface area contributed by atoms with E-state index in [9.17, 15) is 5.11 Å².